The third-order valence-electron chi connectivity index (χ3n) is 2.36. The van der Waals surface area contributed by atoms with E-state index in [4.69, 9.17) is 4.43 Å². The summed E-state index contributed by atoms with van der Waals surface area (Å²) in [5.41, 5.74) is 0. The largest absolute Gasteiger partial charge is 0.420 e. The minimum Gasteiger partial charge on any atom is -0.420 e. The fourth-order valence-corrected chi connectivity index (χ4v) is 5.37. The van der Waals surface area contributed by atoms with Crippen LogP contribution in [0.15, 0.2) is 12.7 Å². The fourth-order valence-electron chi connectivity index (χ4n) is 1.79. The van der Waals surface area contributed by atoms with E-state index in [1.54, 1.807) is 0 Å². The maximum absolute atomic E-state index is 5.73. The zero-order valence-electron chi connectivity index (χ0n) is 8.73. The molecule has 0 bridgehead atoms. The average molecular weight is 186 g/mol. The standard InChI is InChI=1S/C10H22OSi/c1-5-8-12(11-4,9-6-2)10-7-3/h5H,1,6-10H2,2-4H3. The lowest BCUT2D eigenvalue weighted by Gasteiger charge is -2.27. The van der Waals surface area contributed by atoms with Gasteiger partial charge in [0.15, 0.2) is 8.32 Å². The van der Waals surface area contributed by atoms with Crippen molar-refractivity contribution in [2.24, 2.45) is 0 Å². The molecule has 0 saturated heterocycles. The molecular formula is C10H22OSi. The fraction of sp³-hybridized carbons (Fsp3) is 0.800. The Bertz CT molecular complexity index is 117. The quantitative estimate of drug-likeness (QED) is 0.436. The second kappa shape index (κ2) is 6.43. The third kappa shape index (κ3) is 3.54. The molecule has 0 aromatic rings. The van der Waals surface area contributed by atoms with E-state index in [1.807, 2.05) is 13.2 Å². The van der Waals surface area contributed by atoms with Gasteiger partial charge in [0.1, 0.15) is 0 Å². The maximum Gasteiger partial charge on any atom is 0.195 e. The first-order valence-electron chi connectivity index (χ1n) is 4.90. The second-order valence-corrected chi connectivity index (χ2v) is 7.56. The molecule has 0 spiro atoms. The molecular weight excluding hydrogens is 164 g/mol. The molecule has 0 radical (unpaired) electrons. The predicted molar refractivity (Wildman–Crippen MR) is 58.0 cm³/mol. The van der Waals surface area contributed by atoms with E-state index in [0.717, 1.165) is 6.04 Å². The van der Waals surface area contributed by atoms with Crippen molar-refractivity contribution in [1.82, 2.24) is 0 Å². The number of hydrogen-bond donors (Lipinski definition) is 0. The van der Waals surface area contributed by atoms with E-state index in [1.165, 1.54) is 24.9 Å². The van der Waals surface area contributed by atoms with Crippen molar-refractivity contribution in [3.8, 4) is 0 Å². The van der Waals surface area contributed by atoms with Crippen LogP contribution in [0.2, 0.25) is 18.1 Å². The molecule has 0 fully saturated rings. The van der Waals surface area contributed by atoms with Crippen LogP contribution < -0.4 is 0 Å². The van der Waals surface area contributed by atoms with Gasteiger partial charge >= 0.3 is 0 Å². The molecule has 0 atom stereocenters. The summed E-state index contributed by atoms with van der Waals surface area (Å²) >= 11 is 0. The predicted octanol–water partition coefficient (Wildman–Crippen LogP) is 3.58. The SMILES string of the molecule is C=CC[Si](CCC)(CCC)OC. The van der Waals surface area contributed by atoms with E-state index in [2.05, 4.69) is 20.4 Å². The highest BCUT2D eigenvalue weighted by Gasteiger charge is 2.29. The van der Waals surface area contributed by atoms with Gasteiger partial charge in [0, 0.05) is 7.11 Å². The van der Waals surface area contributed by atoms with E-state index in [9.17, 15) is 0 Å². The first-order valence-corrected chi connectivity index (χ1v) is 7.43. The Balaban J connectivity index is 4.15. The summed E-state index contributed by atoms with van der Waals surface area (Å²) in [4.78, 5) is 0. The van der Waals surface area contributed by atoms with E-state index >= 15 is 0 Å². The molecule has 0 unspecified atom stereocenters. The molecule has 0 saturated carbocycles. The number of hydrogen-bond acceptors (Lipinski definition) is 1. The molecule has 0 rings (SSSR count). The molecule has 0 aromatic heterocycles. The Labute approximate surface area is 78.0 Å². The molecule has 0 N–H and O–H groups in total. The molecule has 0 amide bonds. The van der Waals surface area contributed by atoms with Crippen LogP contribution in [0, 0.1) is 0 Å². The second-order valence-electron chi connectivity index (χ2n) is 3.38. The lowest BCUT2D eigenvalue weighted by molar-refractivity contribution is 0.390. The Morgan fingerprint density at radius 1 is 1.25 bits per heavy atom. The van der Waals surface area contributed by atoms with Gasteiger partial charge in [0.2, 0.25) is 0 Å². The Kier molecular flexibility index (Phi) is 6.39. The number of allylic oxidation sites excluding steroid dienone is 1. The lowest BCUT2D eigenvalue weighted by atomic mass is 10.6. The van der Waals surface area contributed by atoms with Crippen molar-refractivity contribution in [2.45, 2.75) is 44.8 Å². The zero-order valence-corrected chi connectivity index (χ0v) is 9.73. The first kappa shape index (κ1) is 11.9. The molecule has 2 heteroatoms. The van der Waals surface area contributed by atoms with Gasteiger partial charge in [-0.15, -0.1) is 6.58 Å². The highest BCUT2D eigenvalue weighted by atomic mass is 28.4. The van der Waals surface area contributed by atoms with E-state index in [-0.39, 0.29) is 0 Å². The van der Waals surface area contributed by atoms with Crippen molar-refractivity contribution >= 4 is 8.32 Å². The van der Waals surface area contributed by atoms with Crippen LogP contribution in [0.3, 0.4) is 0 Å². The number of rotatable bonds is 7. The minimum absolute atomic E-state index is 1.12. The van der Waals surface area contributed by atoms with Crippen molar-refractivity contribution in [1.29, 1.82) is 0 Å². The topological polar surface area (TPSA) is 9.23 Å². The molecule has 0 heterocycles. The van der Waals surface area contributed by atoms with Crippen LogP contribution in [0.25, 0.3) is 0 Å². The van der Waals surface area contributed by atoms with Crippen LogP contribution >= 0.6 is 0 Å². The van der Waals surface area contributed by atoms with Gasteiger partial charge in [-0.05, 0) is 18.1 Å². The van der Waals surface area contributed by atoms with Crippen molar-refractivity contribution in [3.63, 3.8) is 0 Å². The van der Waals surface area contributed by atoms with Crippen LogP contribution in [0.1, 0.15) is 26.7 Å². The maximum atomic E-state index is 5.73. The molecule has 1 nitrogen and oxygen atoms in total. The van der Waals surface area contributed by atoms with Gasteiger partial charge in [-0.25, -0.2) is 0 Å². The molecule has 0 aliphatic carbocycles. The van der Waals surface area contributed by atoms with Crippen LogP contribution in [-0.2, 0) is 4.43 Å². The van der Waals surface area contributed by atoms with Crippen molar-refractivity contribution < 1.29 is 4.43 Å². The first-order chi connectivity index (χ1) is 5.74. The summed E-state index contributed by atoms with van der Waals surface area (Å²) in [6.45, 7) is 8.28. The highest BCUT2D eigenvalue weighted by Crippen LogP contribution is 2.25. The molecule has 0 aliphatic heterocycles. The van der Waals surface area contributed by atoms with Gasteiger partial charge < -0.3 is 4.43 Å². The van der Waals surface area contributed by atoms with Crippen molar-refractivity contribution in [3.05, 3.63) is 12.7 Å². The zero-order chi connectivity index (χ0) is 9.45. The van der Waals surface area contributed by atoms with Gasteiger partial charge in [0.05, 0.1) is 0 Å². The molecule has 12 heavy (non-hydrogen) atoms. The average Bonchev–Trinajstić information content (AvgIpc) is 2.06. The van der Waals surface area contributed by atoms with E-state index < -0.39 is 8.32 Å². The molecule has 0 aromatic carbocycles. The summed E-state index contributed by atoms with van der Waals surface area (Å²) < 4.78 is 5.73. The van der Waals surface area contributed by atoms with E-state index in [0.29, 0.717) is 0 Å². The normalized spacial score (nSPS) is 11.6. The molecule has 72 valence electrons. The summed E-state index contributed by atoms with van der Waals surface area (Å²) in [7, 11) is 0.488. The van der Waals surface area contributed by atoms with Crippen LogP contribution in [0.4, 0.5) is 0 Å². The Hall–Kier alpha value is -0.0831. The summed E-state index contributed by atoms with van der Waals surface area (Å²) in [6, 6.07) is 3.68. The Morgan fingerprint density at radius 3 is 2.00 bits per heavy atom. The minimum atomic E-state index is -1.39. The van der Waals surface area contributed by atoms with Gasteiger partial charge in [0.25, 0.3) is 0 Å². The molecule has 0 aliphatic rings. The third-order valence-corrected chi connectivity index (χ3v) is 7.08. The highest BCUT2D eigenvalue weighted by molar-refractivity contribution is 6.74. The smallest absolute Gasteiger partial charge is 0.195 e. The van der Waals surface area contributed by atoms with Crippen LogP contribution in [0.5, 0.6) is 0 Å². The summed E-state index contributed by atoms with van der Waals surface area (Å²) in [5, 5.41) is 0. The summed E-state index contributed by atoms with van der Waals surface area (Å²) in [5.74, 6) is 0. The summed E-state index contributed by atoms with van der Waals surface area (Å²) in [6.07, 6.45) is 4.52. The van der Waals surface area contributed by atoms with Crippen LogP contribution in [-0.4, -0.2) is 15.4 Å². The van der Waals surface area contributed by atoms with Gasteiger partial charge in [-0.3, -0.25) is 0 Å². The van der Waals surface area contributed by atoms with Gasteiger partial charge in [-0.1, -0.05) is 32.8 Å². The lowest BCUT2D eigenvalue weighted by Crippen LogP contribution is -2.35. The Morgan fingerprint density at radius 2 is 1.75 bits per heavy atom. The van der Waals surface area contributed by atoms with Gasteiger partial charge in [-0.2, -0.15) is 0 Å². The monoisotopic (exact) mass is 186 g/mol. The van der Waals surface area contributed by atoms with Crippen molar-refractivity contribution in [2.75, 3.05) is 7.11 Å².